The summed E-state index contributed by atoms with van der Waals surface area (Å²) in [6, 6.07) is 0. The zero-order valence-corrected chi connectivity index (χ0v) is 9.15. The number of ether oxygens (including phenoxy) is 2. The maximum Gasteiger partial charge on any atom is 0.168 e. The molecule has 0 aromatic heterocycles. The van der Waals surface area contributed by atoms with Crippen LogP contribution in [0.4, 0.5) is 0 Å². The van der Waals surface area contributed by atoms with Gasteiger partial charge in [0.15, 0.2) is 5.79 Å². The van der Waals surface area contributed by atoms with Gasteiger partial charge in [-0.3, -0.25) is 0 Å². The summed E-state index contributed by atoms with van der Waals surface area (Å²) in [6.07, 6.45) is 4.02. The lowest BCUT2D eigenvalue weighted by molar-refractivity contribution is -0.185. The van der Waals surface area contributed by atoms with Gasteiger partial charge in [0.2, 0.25) is 0 Å². The summed E-state index contributed by atoms with van der Waals surface area (Å²) in [5.74, 6) is 0.507. The van der Waals surface area contributed by atoms with Crippen LogP contribution < -0.4 is 5.73 Å². The maximum absolute atomic E-state index is 9.19. The molecule has 0 aromatic rings. The Morgan fingerprint density at radius 1 is 1.27 bits per heavy atom. The van der Waals surface area contributed by atoms with Gasteiger partial charge in [-0.25, -0.2) is 0 Å². The zero-order valence-electron chi connectivity index (χ0n) is 9.15. The third kappa shape index (κ3) is 2.33. The number of aliphatic hydroxyl groups is 1. The van der Waals surface area contributed by atoms with E-state index in [2.05, 4.69) is 0 Å². The van der Waals surface area contributed by atoms with E-state index in [0.29, 0.717) is 12.5 Å². The predicted molar refractivity (Wildman–Crippen MR) is 56.2 cm³/mol. The van der Waals surface area contributed by atoms with Crippen molar-refractivity contribution in [2.45, 2.75) is 31.5 Å². The van der Waals surface area contributed by atoms with Crippen molar-refractivity contribution in [2.24, 2.45) is 17.6 Å². The monoisotopic (exact) mass is 215 g/mol. The van der Waals surface area contributed by atoms with Crippen molar-refractivity contribution in [1.82, 2.24) is 0 Å². The molecular formula is C11H21NO3. The van der Waals surface area contributed by atoms with E-state index >= 15 is 0 Å². The Kier molecular flexibility index (Phi) is 3.61. The minimum absolute atomic E-state index is 0.204. The van der Waals surface area contributed by atoms with Crippen molar-refractivity contribution >= 4 is 0 Å². The fraction of sp³-hybridized carbons (Fsp3) is 1.00. The molecule has 2 aliphatic rings. The molecule has 4 heteroatoms. The van der Waals surface area contributed by atoms with E-state index in [0.717, 1.165) is 38.9 Å². The number of nitrogens with two attached hydrogens (primary N) is 1. The second-order valence-electron chi connectivity index (χ2n) is 4.62. The molecule has 1 saturated carbocycles. The fourth-order valence-electron chi connectivity index (χ4n) is 2.75. The van der Waals surface area contributed by atoms with Gasteiger partial charge in [0.05, 0.1) is 13.2 Å². The van der Waals surface area contributed by atoms with Crippen LogP contribution in [0.15, 0.2) is 0 Å². The first-order valence-electron chi connectivity index (χ1n) is 5.88. The number of hydrogen-bond donors (Lipinski definition) is 2. The molecule has 1 heterocycles. The molecule has 3 N–H and O–H groups in total. The summed E-state index contributed by atoms with van der Waals surface area (Å²) in [5.41, 5.74) is 5.64. The van der Waals surface area contributed by atoms with Gasteiger partial charge < -0.3 is 20.3 Å². The molecule has 4 nitrogen and oxygen atoms in total. The van der Waals surface area contributed by atoms with Crippen molar-refractivity contribution < 1.29 is 14.6 Å². The van der Waals surface area contributed by atoms with E-state index in [1.165, 1.54) is 0 Å². The van der Waals surface area contributed by atoms with Gasteiger partial charge in [0.25, 0.3) is 0 Å². The molecule has 1 spiro atoms. The van der Waals surface area contributed by atoms with Crippen molar-refractivity contribution in [3.8, 4) is 0 Å². The standard InChI is InChI=1S/C11H21NO3/c12-7-10(8-13)9-1-3-11(4-2-9)14-5-6-15-11/h9-10,13H,1-8,12H2. The van der Waals surface area contributed by atoms with Crippen LogP contribution >= 0.6 is 0 Å². The normalized spacial score (nSPS) is 28.4. The lowest BCUT2D eigenvalue weighted by Gasteiger charge is -2.37. The van der Waals surface area contributed by atoms with E-state index in [1.54, 1.807) is 0 Å². The highest BCUT2D eigenvalue weighted by Crippen LogP contribution is 2.40. The molecule has 1 unspecified atom stereocenters. The maximum atomic E-state index is 9.19. The molecule has 0 amide bonds. The molecule has 1 atom stereocenters. The van der Waals surface area contributed by atoms with Gasteiger partial charge in [-0.2, -0.15) is 0 Å². The van der Waals surface area contributed by atoms with Gasteiger partial charge in [-0.1, -0.05) is 0 Å². The van der Waals surface area contributed by atoms with Crippen molar-refractivity contribution in [2.75, 3.05) is 26.4 Å². The Morgan fingerprint density at radius 3 is 2.33 bits per heavy atom. The first-order valence-corrected chi connectivity index (χ1v) is 5.88. The van der Waals surface area contributed by atoms with Crippen LogP contribution in [0.25, 0.3) is 0 Å². The highest BCUT2D eigenvalue weighted by atomic mass is 16.7. The van der Waals surface area contributed by atoms with E-state index in [1.807, 2.05) is 0 Å². The molecule has 2 fully saturated rings. The van der Waals surface area contributed by atoms with Crippen LogP contribution in [0.5, 0.6) is 0 Å². The Hall–Kier alpha value is -0.160. The summed E-state index contributed by atoms with van der Waals surface area (Å²) in [7, 11) is 0. The van der Waals surface area contributed by atoms with Crippen LogP contribution in [-0.2, 0) is 9.47 Å². The van der Waals surface area contributed by atoms with Crippen LogP contribution in [-0.4, -0.2) is 37.3 Å². The lowest BCUT2D eigenvalue weighted by atomic mass is 9.78. The van der Waals surface area contributed by atoms with Crippen molar-refractivity contribution in [3.05, 3.63) is 0 Å². The minimum Gasteiger partial charge on any atom is -0.396 e. The Labute approximate surface area is 90.7 Å². The molecule has 2 rings (SSSR count). The van der Waals surface area contributed by atoms with Gasteiger partial charge in [-0.15, -0.1) is 0 Å². The summed E-state index contributed by atoms with van der Waals surface area (Å²) in [4.78, 5) is 0. The average Bonchev–Trinajstić information content (AvgIpc) is 2.72. The van der Waals surface area contributed by atoms with E-state index < -0.39 is 0 Å². The van der Waals surface area contributed by atoms with Crippen LogP contribution in [0.2, 0.25) is 0 Å². The fourth-order valence-corrected chi connectivity index (χ4v) is 2.75. The zero-order chi connectivity index (χ0) is 10.7. The molecule has 15 heavy (non-hydrogen) atoms. The number of hydrogen-bond acceptors (Lipinski definition) is 4. The molecule has 1 aliphatic carbocycles. The van der Waals surface area contributed by atoms with E-state index in [-0.39, 0.29) is 18.3 Å². The SMILES string of the molecule is NCC(CO)C1CCC2(CC1)OCCO2. The van der Waals surface area contributed by atoms with Crippen molar-refractivity contribution in [3.63, 3.8) is 0 Å². The van der Waals surface area contributed by atoms with Crippen LogP contribution in [0, 0.1) is 11.8 Å². The summed E-state index contributed by atoms with van der Waals surface area (Å²) in [6.45, 7) is 2.24. The largest absolute Gasteiger partial charge is 0.396 e. The second-order valence-corrected chi connectivity index (χ2v) is 4.62. The van der Waals surface area contributed by atoms with Gasteiger partial charge in [-0.05, 0) is 31.2 Å². The molecule has 0 bridgehead atoms. The molecule has 1 saturated heterocycles. The lowest BCUT2D eigenvalue weighted by Crippen LogP contribution is -2.39. The summed E-state index contributed by atoms with van der Waals surface area (Å²) < 4.78 is 11.3. The summed E-state index contributed by atoms with van der Waals surface area (Å²) >= 11 is 0. The molecular weight excluding hydrogens is 194 g/mol. The Balaban J connectivity index is 1.85. The minimum atomic E-state index is -0.287. The van der Waals surface area contributed by atoms with Gasteiger partial charge in [0.1, 0.15) is 0 Å². The first kappa shape index (κ1) is 11.3. The third-order valence-electron chi connectivity index (χ3n) is 3.81. The van der Waals surface area contributed by atoms with Crippen molar-refractivity contribution in [1.29, 1.82) is 0 Å². The Morgan fingerprint density at radius 2 is 1.87 bits per heavy atom. The van der Waals surface area contributed by atoms with Crippen LogP contribution in [0.3, 0.4) is 0 Å². The molecule has 0 aromatic carbocycles. The quantitative estimate of drug-likeness (QED) is 0.719. The first-order chi connectivity index (χ1) is 7.29. The average molecular weight is 215 g/mol. The van der Waals surface area contributed by atoms with E-state index in [9.17, 15) is 5.11 Å². The highest BCUT2D eigenvalue weighted by molar-refractivity contribution is 4.85. The molecule has 0 radical (unpaired) electrons. The van der Waals surface area contributed by atoms with Crippen LogP contribution in [0.1, 0.15) is 25.7 Å². The van der Waals surface area contributed by atoms with E-state index in [4.69, 9.17) is 15.2 Å². The van der Waals surface area contributed by atoms with Gasteiger partial charge in [0, 0.05) is 19.4 Å². The predicted octanol–water partition coefficient (Wildman–Crippen LogP) is 0.487. The highest BCUT2D eigenvalue weighted by Gasteiger charge is 2.41. The molecule has 1 aliphatic heterocycles. The van der Waals surface area contributed by atoms with Gasteiger partial charge >= 0.3 is 0 Å². The molecule has 88 valence electrons. The third-order valence-corrected chi connectivity index (χ3v) is 3.81. The summed E-state index contributed by atoms with van der Waals surface area (Å²) in [5, 5.41) is 9.19. The number of aliphatic hydroxyl groups excluding tert-OH is 1. The second kappa shape index (κ2) is 4.78. The number of rotatable bonds is 3. The Bertz CT molecular complexity index is 190. The smallest absolute Gasteiger partial charge is 0.168 e. The topological polar surface area (TPSA) is 64.7 Å².